The Balaban J connectivity index is 2.48. The molecule has 2 rings (SSSR count). The molecule has 2 aromatic rings. The van der Waals surface area contributed by atoms with Crippen LogP contribution in [0.4, 0.5) is 8.78 Å². The molecule has 92 valence electrons. The third-order valence-corrected chi connectivity index (χ3v) is 3.34. The second-order valence-electron chi connectivity index (χ2n) is 3.58. The average molecular weight is 376 g/mol. The van der Waals surface area contributed by atoms with Gasteiger partial charge in [-0.2, -0.15) is 0 Å². The van der Waals surface area contributed by atoms with Crippen LogP contribution in [0.3, 0.4) is 0 Å². The molecule has 5 heteroatoms. The molecule has 0 atom stereocenters. The molecular weight excluding hydrogens is 370 g/mol. The second kappa shape index (κ2) is 5.28. The summed E-state index contributed by atoms with van der Waals surface area (Å²) in [7, 11) is 0. The lowest BCUT2D eigenvalue weighted by molar-refractivity contribution is 0.103. The Labute approximate surface area is 119 Å². The van der Waals surface area contributed by atoms with Crippen LogP contribution in [-0.2, 0) is 0 Å². The minimum Gasteiger partial charge on any atom is -0.288 e. The van der Waals surface area contributed by atoms with Gasteiger partial charge in [-0.05, 0) is 36.4 Å². The minimum atomic E-state index is -0.684. The molecule has 0 fully saturated rings. The minimum absolute atomic E-state index is 0.153. The summed E-state index contributed by atoms with van der Waals surface area (Å²) in [5.41, 5.74) is -0.307. The molecule has 0 N–H and O–H groups in total. The average Bonchev–Trinajstić information content (AvgIpc) is 2.28. The molecule has 0 aliphatic heterocycles. The summed E-state index contributed by atoms with van der Waals surface area (Å²) in [6, 6.07) is 8.06. The van der Waals surface area contributed by atoms with Crippen LogP contribution in [0.2, 0.25) is 0 Å². The van der Waals surface area contributed by atoms with Crippen molar-refractivity contribution in [3.63, 3.8) is 0 Å². The Morgan fingerprint density at radius 3 is 1.56 bits per heavy atom. The summed E-state index contributed by atoms with van der Waals surface area (Å²) in [6.45, 7) is 0. The van der Waals surface area contributed by atoms with Gasteiger partial charge < -0.3 is 0 Å². The molecule has 2 aromatic carbocycles. The Hall–Kier alpha value is -1.07. The molecule has 0 radical (unpaired) electrons. The van der Waals surface area contributed by atoms with Gasteiger partial charge in [-0.1, -0.05) is 31.9 Å². The van der Waals surface area contributed by atoms with Crippen molar-refractivity contribution in [3.8, 4) is 0 Å². The topological polar surface area (TPSA) is 17.1 Å². The molecule has 0 heterocycles. The number of ketones is 1. The van der Waals surface area contributed by atoms with Crippen LogP contribution in [-0.4, -0.2) is 5.78 Å². The van der Waals surface area contributed by atoms with Gasteiger partial charge in [0, 0.05) is 8.95 Å². The smallest absolute Gasteiger partial charge is 0.198 e. The maximum absolute atomic E-state index is 13.6. The van der Waals surface area contributed by atoms with E-state index < -0.39 is 17.4 Å². The highest BCUT2D eigenvalue weighted by Crippen LogP contribution is 2.21. The van der Waals surface area contributed by atoms with E-state index in [-0.39, 0.29) is 11.1 Å². The SMILES string of the molecule is O=C(c1ccc(Br)cc1F)c1ccc(Br)cc1F. The number of halogens is 4. The van der Waals surface area contributed by atoms with Crippen molar-refractivity contribution in [2.24, 2.45) is 0 Å². The van der Waals surface area contributed by atoms with Crippen LogP contribution in [0.5, 0.6) is 0 Å². The van der Waals surface area contributed by atoms with Gasteiger partial charge in [0.15, 0.2) is 5.78 Å². The van der Waals surface area contributed by atoms with Gasteiger partial charge in [0.25, 0.3) is 0 Å². The lowest BCUT2D eigenvalue weighted by Gasteiger charge is -2.05. The summed E-state index contributed by atoms with van der Waals surface area (Å²) in [4.78, 5) is 12.0. The first kappa shape index (κ1) is 13.4. The molecule has 18 heavy (non-hydrogen) atoms. The summed E-state index contributed by atoms with van der Waals surface area (Å²) in [5, 5.41) is 0. The lowest BCUT2D eigenvalue weighted by Crippen LogP contribution is -2.06. The lowest BCUT2D eigenvalue weighted by atomic mass is 10.0. The maximum atomic E-state index is 13.6. The van der Waals surface area contributed by atoms with E-state index in [1.54, 1.807) is 0 Å². The first-order valence-electron chi connectivity index (χ1n) is 4.94. The monoisotopic (exact) mass is 374 g/mol. The standard InChI is InChI=1S/C13H6Br2F2O/c14-7-1-3-9(11(16)5-7)13(18)10-4-2-8(15)6-12(10)17/h1-6H. The zero-order valence-electron chi connectivity index (χ0n) is 8.88. The summed E-state index contributed by atoms with van der Waals surface area (Å²) < 4.78 is 28.3. The highest BCUT2D eigenvalue weighted by atomic mass is 79.9. The van der Waals surface area contributed by atoms with Gasteiger partial charge in [0.2, 0.25) is 0 Å². The molecule has 0 aliphatic carbocycles. The second-order valence-corrected chi connectivity index (χ2v) is 5.41. The highest BCUT2D eigenvalue weighted by Gasteiger charge is 2.17. The van der Waals surface area contributed by atoms with E-state index in [1.165, 1.54) is 36.4 Å². The number of rotatable bonds is 2. The molecule has 0 aromatic heterocycles. The van der Waals surface area contributed by atoms with Crippen molar-refractivity contribution in [1.29, 1.82) is 0 Å². The molecule has 0 saturated heterocycles. The normalized spacial score (nSPS) is 10.4. The molecule has 0 bridgehead atoms. The Kier molecular flexibility index (Phi) is 3.92. The number of carbonyl (C=O) groups excluding carboxylic acids is 1. The molecule has 0 aliphatic rings. The third-order valence-electron chi connectivity index (χ3n) is 2.35. The Morgan fingerprint density at radius 2 is 1.22 bits per heavy atom. The maximum Gasteiger partial charge on any atom is 0.198 e. The van der Waals surface area contributed by atoms with Gasteiger partial charge >= 0.3 is 0 Å². The van der Waals surface area contributed by atoms with Crippen LogP contribution in [0, 0.1) is 11.6 Å². The molecule has 0 unspecified atom stereocenters. The van der Waals surface area contributed by atoms with Crippen molar-refractivity contribution in [3.05, 3.63) is 68.1 Å². The van der Waals surface area contributed by atoms with Crippen molar-refractivity contribution in [1.82, 2.24) is 0 Å². The van der Waals surface area contributed by atoms with E-state index in [9.17, 15) is 13.6 Å². The predicted molar refractivity (Wildman–Crippen MR) is 71.6 cm³/mol. The number of benzene rings is 2. The fraction of sp³-hybridized carbons (Fsp3) is 0. The largest absolute Gasteiger partial charge is 0.288 e. The van der Waals surface area contributed by atoms with Crippen LogP contribution >= 0.6 is 31.9 Å². The number of hydrogen-bond acceptors (Lipinski definition) is 1. The van der Waals surface area contributed by atoms with Gasteiger partial charge in [-0.15, -0.1) is 0 Å². The van der Waals surface area contributed by atoms with Gasteiger partial charge in [-0.25, -0.2) is 8.78 Å². The van der Waals surface area contributed by atoms with E-state index in [1.807, 2.05) is 0 Å². The van der Waals surface area contributed by atoms with Crippen molar-refractivity contribution < 1.29 is 13.6 Å². The van der Waals surface area contributed by atoms with Gasteiger partial charge in [0.05, 0.1) is 11.1 Å². The molecule has 0 amide bonds. The first-order chi connectivity index (χ1) is 8.49. The van der Waals surface area contributed by atoms with Crippen LogP contribution < -0.4 is 0 Å². The number of hydrogen-bond donors (Lipinski definition) is 0. The van der Waals surface area contributed by atoms with Crippen molar-refractivity contribution in [2.45, 2.75) is 0 Å². The fourth-order valence-corrected chi connectivity index (χ4v) is 2.16. The summed E-state index contributed by atoms with van der Waals surface area (Å²) in [6.07, 6.45) is 0. The summed E-state index contributed by atoms with van der Waals surface area (Å²) >= 11 is 6.19. The van der Waals surface area contributed by atoms with E-state index in [0.29, 0.717) is 8.95 Å². The van der Waals surface area contributed by atoms with E-state index in [4.69, 9.17) is 0 Å². The highest BCUT2D eigenvalue weighted by molar-refractivity contribution is 9.10. The van der Waals surface area contributed by atoms with E-state index >= 15 is 0 Å². The van der Waals surface area contributed by atoms with Crippen LogP contribution in [0.1, 0.15) is 15.9 Å². The quantitative estimate of drug-likeness (QED) is 0.694. The van der Waals surface area contributed by atoms with Crippen molar-refractivity contribution >= 4 is 37.6 Å². The Morgan fingerprint density at radius 1 is 0.833 bits per heavy atom. The zero-order valence-corrected chi connectivity index (χ0v) is 12.1. The van der Waals surface area contributed by atoms with Crippen LogP contribution in [0.25, 0.3) is 0 Å². The van der Waals surface area contributed by atoms with E-state index in [2.05, 4.69) is 31.9 Å². The molecule has 1 nitrogen and oxygen atoms in total. The third kappa shape index (κ3) is 2.67. The number of carbonyl (C=O) groups is 1. The van der Waals surface area contributed by atoms with Gasteiger partial charge in [0.1, 0.15) is 11.6 Å². The predicted octanol–water partition coefficient (Wildman–Crippen LogP) is 4.72. The summed E-state index contributed by atoms with van der Waals surface area (Å²) in [5.74, 6) is -2.04. The fourth-order valence-electron chi connectivity index (χ4n) is 1.49. The zero-order chi connectivity index (χ0) is 13.3. The van der Waals surface area contributed by atoms with Crippen LogP contribution in [0.15, 0.2) is 45.3 Å². The molecule has 0 spiro atoms. The van der Waals surface area contributed by atoms with E-state index in [0.717, 1.165) is 0 Å². The molecule has 0 saturated carbocycles. The molecular formula is C13H6Br2F2O. The Bertz CT molecular complexity index is 573. The van der Waals surface area contributed by atoms with Crippen molar-refractivity contribution in [2.75, 3.05) is 0 Å². The first-order valence-corrected chi connectivity index (χ1v) is 6.52. The van der Waals surface area contributed by atoms with Gasteiger partial charge in [-0.3, -0.25) is 4.79 Å².